The third kappa shape index (κ3) is 2.87. The first-order chi connectivity index (χ1) is 6.63. The van der Waals surface area contributed by atoms with Crippen molar-refractivity contribution in [1.82, 2.24) is 5.32 Å². The molecule has 1 rings (SSSR count). The van der Waals surface area contributed by atoms with Crippen molar-refractivity contribution in [3.05, 3.63) is 35.4 Å². The first-order valence-electron chi connectivity index (χ1n) is 4.90. The fraction of sp³-hybridized carbons (Fsp3) is 0.417. The van der Waals surface area contributed by atoms with Gasteiger partial charge in [-0.3, -0.25) is 4.79 Å². The maximum atomic E-state index is 11.2. The largest absolute Gasteiger partial charge is 0.359 e. The van der Waals surface area contributed by atoms with Crippen molar-refractivity contribution in [3.63, 3.8) is 0 Å². The van der Waals surface area contributed by atoms with Crippen molar-refractivity contribution in [2.45, 2.75) is 26.2 Å². The smallest absolute Gasteiger partial charge is 0.220 e. The molecule has 14 heavy (non-hydrogen) atoms. The minimum Gasteiger partial charge on any atom is -0.359 e. The molecule has 0 fully saturated rings. The van der Waals surface area contributed by atoms with Gasteiger partial charge in [-0.05, 0) is 18.4 Å². The van der Waals surface area contributed by atoms with Crippen LogP contribution in [0.4, 0.5) is 0 Å². The van der Waals surface area contributed by atoms with E-state index in [1.165, 1.54) is 11.1 Å². The second kappa shape index (κ2) is 4.80. The highest BCUT2D eigenvalue weighted by atomic mass is 16.1. The quantitative estimate of drug-likeness (QED) is 0.780. The Morgan fingerprint density at radius 3 is 2.43 bits per heavy atom. The molecule has 0 heterocycles. The van der Waals surface area contributed by atoms with Gasteiger partial charge in [-0.1, -0.05) is 36.8 Å². The fourth-order valence-corrected chi connectivity index (χ4v) is 1.39. The minimum absolute atomic E-state index is 0.0954. The Bertz CT molecular complexity index is 303. The van der Waals surface area contributed by atoms with Crippen LogP contribution in [0, 0.1) is 6.92 Å². The predicted molar refractivity (Wildman–Crippen MR) is 58.3 cm³/mol. The predicted octanol–water partition coefficient (Wildman–Crippen LogP) is 2.23. The molecule has 1 unspecified atom stereocenters. The lowest BCUT2D eigenvalue weighted by Gasteiger charge is -2.10. The summed E-state index contributed by atoms with van der Waals surface area (Å²) in [5.41, 5.74) is 2.47. The van der Waals surface area contributed by atoms with Gasteiger partial charge in [-0.2, -0.15) is 0 Å². The van der Waals surface area contributed by atoms with E-state index < -0.39 is 0 Å². The van der Waals surface area contributed by atoms with Gasteiger partial charge in [-0.15, -0.1) is 0 Å². The number of hydrogen-bond acceptors (Lipinski definition) is 1. The number of rotatable bonds is 3. The van der Waals surface area contributed by atoms with Gasteiger partial charge in [0.1, 0.15) is 0 Å². The van der Waals surface area contributed by atoms with Crippen LogP contribution in [0.3, 0.4) is 0 Å². The SMILES string of the molecule is CNC(=O)CC(C)c1ccc(C)cc1. The van der Waals surface area contributed by atoms with Crippen molar-refractivity contribution in [1.29, 1.82) is 0 Å². The van der Waals surface area contributed by atoms with Crippen LogP contribution in [-0.4, -0.2) is 13.0 Å². The number of hydrogen-bond donors (Lipinski definition) is 1. The maximum absolute atomic E-state index is 11.2. The van der Waals surface area contributed by atoms with Gasteiger partial charge < -0.3 is 5.32 Å². The fourth-order valence-electron chi connectivity index (χ4n) is 1.39. The van der Waals surface area contributed by atoms with E-state index in [0.717, 1.165) is 0 Å². The lowest BCUT2D eigenvalue weighted by Crippen LogP contribution is -2.19. The highest BCUT2D eigenvalue weighted by molar-refractivity contribution is 5.76. The van der Waals surface area contributed by atoms with Gasteiger partial charge in [0.2, 0.25) is 5.91 Å². The lowest BCUT2D eigenvalue weighted by atomic mass is 9.97. The molecular formula is C12H17NO. The molecule has 2 nitrogen and oxygen atoms in total. The molecule has 1 amide bonds. The molecule has 0 saturated heterocycles. The molecule has 1 atom stereocenters. The minimum atomic E-state index is 0.0954. The van der Waals surface area contributed by atoms with Crippen molar-refractivity contribution >= 4 is 5.91 Å². The van der Waals surface area contributed by atoms with Gasteiger partial charge in [0, 0.05) is 13.5 Å². The molecule has 0 spiro atoms. The van der Waals surface area contributed by atoms with Gasteiger partial charge in [0.05, 0.1) is 0 Å². The van der Waals surface area contributed by atoms with Crippen LogP contribution in [0.2, 0.25) is 0 Å². The zero-order valence-electron chi connectivity index (χ0n) is 9.00. The van der Waals surface area contributed by atoms with Gasteiger partial charge in [0.25, 0.3) is 0 Å². The second-order valence-electron chi connectivity index (χ2n) is 3.69. The summed E-state index contributed by atoms with van der Waals surface area (Å²) < 4.78 is 0. The normalized spacial score (nSPS) is 12.2. The molecule has 1 aromatic carbocycles. The highest BCUT2D eigenvalue weighted by Gasteiger charge is 2.09. The van der Waals surface area contributed by atoms with E-state index in [1.54, 1.807) is 7.05 Å². The molecule has 0 aliphatic heterocycles. The van der Waals surface area contributed by atoms with Crippen LogP contribution in [0.25, 0.3) is 0 Å². The van der Waals surface area contributed by atoms with Gasteiger partial charge in [-0.25, -0.2) is 0 Å². The molecule has 0 aliphatic rings. The molecule has 1 N–H and O–H groups in total. The van der Waals surface area contributed by atoms with Crippen LogP contribution in [0.1, 0.15) is 30.4 Å². The average molecular weight is 191 g/mol. The summed E-state index contributed by atoms with van der Waals surface area (Å²) >= 11 is 0. The Morgan fingerprint density at radius 2 is 1.93 bits per heavy atom. The highest BCUT2D eigenvalue weighted by Crippen LogP contribution is 2.18. The summed E-state index contributed by atoms with van der Waals surface area (Å²) in [6.45, 7) is 4.13. The molecule has 2 heteroatoms. The van der Waals surface area contributed by atoms with E-state index in [1.807, 2.05) is 0 Å². The van der Waals surface area contributed by atoms with Crippen LogP contribution in [-0.2, 0) is 4.79 Å². The number of carbonyl (C=O) groups excluding carboxylic acids is 1. The number of aryl methyl sites for hydroxylation is 1. The number of nitrogens with one attached hydrogen (secondary N) is 1. The summed E-state index contributed by atoms with van der Waals surface area (Å²) in [4.78, 5) is 11.2. The topological polar surface area (TPSA) is 29.1 Å². The molecule has 0 aromatic heterocycles. The number of carbonyl (C=O) groups is 1. The third-order valence-corrected chi connectivity index (χ3v) is 2.42. The summed E-state index contributed by atoms with van der Waals surface area (Å²) in [7, 11) is 1.67. The zero-order chi connectivity index (χ0) is 10.6. The van der Waals surface area contributed by atoms with Crippen LogP contribution < -0.4 is 5.32 Å². The van der Waals surface area contributed by atoms with Crippen LogP contribution in [0.15, 0.2) is 24.3 Å². The molecule has 1 aromatic rings. The van der Waals surface area contributed by atoms with Gasteiger partial charge >= 0.3 is 0 Å². The maximum Gasteiger partial charge on any atom is 0.220 e. The summed E-state index contributed by atoms with van der Waals surface area (Å²) in [6, 6.07) is 8.33. The third-order valence-electron chi connectivity index (χ3n) is 2.42. The first-order valence-corrected chi connectivity index (χ1v) is 4.90. The zero-order valence-corrected chi connectivity index (χ0v) is 9.00. The first kappa shape index (κ1) is 10.8. The molecule has 0 saturated carbocycles. The van der Waals surface area contributed by atoms with E-state index in [-0.39, 0.29) is 11.8 Å². The van der Waals surface area contributed by atoms with Gasteiger partial charge in [0.15, 0.2) is 0 Å². The average Bonchev–Trinajstić information content (AvgIpc) is 2.18. The van der Waals surface area contributed by atoms with Crippen molar-refractivity contribution in [3.8, 4) is 0 Å². The molecular weight excluding hydrogens is 174 g/mol. The molecule has 0 bridgehead atoms. The van der Waals surface area contributed by atoms with E-state index in [4.69, 9.17) is 0 Å². The lowest BCUT2D eigenvalue weighted by molar-refractivity contribution is -0.120. The Kier molecular flexibility index (Phi) is 3.69. The van der Waals surface area contributed by atoms with Crippen molar-refractivity contribution in [2.24, 2.45) is 0 Å². The Balaban J connectivity index is 2.65. The Labute approximate surface area is 85.3 Å². The number of amides is 1. The van der Waals surface area contributed by atoms with E-state index >= 15 is 0 Å². The van der Waals surface area contributed by atoms with Crippen molar-refractivity contribution in [2.75, 3.05) is 7.05 Å². The van der Waals surface area contributed by atoms with E-state index in [2.05, 4.69) is 43.4 Å². The summed E-state index contributed by atoms with van der Waals surface area (Å²) in [5.74, 6) is 0.383. The molecule has 76 valence electrons. The molecule has 0 radical (unpaired) electrons. The van der Waals surface area contributed by atoms with Crippen LogP contribution >= 0.6 is 0 Å². The number of benzene rings is 1. The Morgan fingerprint density at radius 1 is 1.36 bits per heavy atom. The summed E-state index contributed by atoms with van der Waals surface area (Å²) in [5, 5.41) is 2.64. The monoisotopic (exact) mass is 191 g/mol. The Hall–Kier alpha value is -1.31. The van der Waals surface area contributed by atoms with Crippen LogP contribution in [0.5, 0.6) is 0 Å². The van der Waals surface area contributed by atoms with Crippen molar-refractivity contribution < 1.29 is 4.79 Å². The van der Waals surface area contributed by atoms with E-state index in [9.17, 15) is 4.79 Å². The second-order valence-corrected chi connectivity index (χ2v) is 3.69. The molecule has 0 aliphatic carbocycles. The standard InChI is InChI=1S/C12H17NO/c1-9-4-6-11(7-5-9)10(2)8-12(14)13-3/h4-7,10H,8H2,1-3H3,(H,13,14). The summed E-state index contributed by atoms with van der Waals surface area (Å²) in [6.07, 6.45) is 0.555. The van der Waals surface area contributed by atoms with E-state index in [0.29, 0.717) is 6.42 Å².